The van der Waals surface area contributed by atoms with E-state index in [0.29, 0.717) is 11.1 Å². The monoisotopic (exact) mass is 172 g/mol. The molecule has 0 radical (unpaired) electrons. The van der Waals surface area contributed by atoms with E-state index in [1.165, 1.54) is 0 Å². The predicted octanol–water partition coefficient (Wildman–Crippen LogP) is 3.18. The largest absolute Gasteiger partial charge is 0.206 e. The highest BCUT2D eigenvalue weighted by Gasteiger charge is 2.05. The Morgan fingerprint density at radius 3 is 2.27 bits per heavy atom. The van der Waals surface area contributed by atoms with Crippen molar-refractivity contribution >= 4 is 11.6 Å². The minimum absolute atomic E-state index is 0.167. The van der Waals surface area contributed by atoms with Gasteiger partial charge in [0.15, 0.2) is 0 Å². The first-order chi connectivity index (χ1) is 5.16. The second-order valence-corrected chi connectivity index (χ2v) is 2.89. The van der Waals surface area contributed by atoms with E-state index in [0.717, 1.165) is 5.56 Å². The molecular weight excluding hydrogens is 163 g/mol. The summed E-state index contributed by atoms with van der Waals surface area (Å²) in [5, 5.41) is 0. The van der Waals surface area contributed by atoms with Crippen molar-refractivity contribution in [3.63, 3.8) is 0 Å². The molecule has 1 aromatic carbocycles. The fourth-order valence-electron chi connectivity index (χ4n) is 0.999. The first kappa shape index (κ1) is 8.54. The van der Waals surface area contributed by atoms with Crippen molar-refractivity contribution in [3.05, 3.63) is 34.6 Å². The molecule has 0 spiro atoms. The lowest BCUT2D eigenvalue weighted by molar-refractivity contribution is 0.606. The van der Waals surface area contributed by atoms with Gasteiger partial charge in [0, 0.05) is 5.56 Å². The summed E-state index contributed by atoms with van der Waals surface area (Å²) >= 11 is 5.57. The molecule has 1 aromatic rings. The Labute approximate surface area is 71.0 Å². The normalized spacial score (nSPS) is 10.2. The summed E-state index contributed by atoms with van der Waals surface area (Å²) in [6, 6.07) is 3.65. The van der Waals surface area contributed by atoms with Gasteiger partial charge < -0.3 is 0 Å². The van der Waals surface area contributed by atoms with Gasteiger partial charge in [0.25, 0.3) is 0 Å². The lowest BCUT2D eigenvalue weighted by atomic mass is 10.1. The number of hydrogen-bond donors (Lipinski definition) is 0. The van der Waals surface area contributed by atoms with Crippen molar-refractivity contribution in [1.82, 2.24) is 0 Å². The summed E-state index contributed by atoms with van der Waals surface area (Å²) < 4.78 is 13.2. The van der Waals surface area contributed by atoms with Crippen molar-refractivity contribution in [1.29, 1.82) is 0 Å². The fourth-order valence-corrected chi connectivity index (χ4v) is 1.33. The molecule has 11 heavy (non-hydrogen) atoms. The van der Waals surface area contributed by atoms with E-state index in [1.54, 1.807) is 13.0 Å². The van der Waals surface area contributed by atoms with E-state index < -0.39 is 0 Å². The van der Waals surface area contributed by atoms with Crippen LogP contribution in [-0.2, 0) is 5.88 Å². The summed E-state index contributed by atoms with van der Waals surface area (Å²) in [6.07, 6.45) is 0. The molecule has 0 nitrogen and oxygen atoms in total. The summed E-state index contributed by atoms with van der Waals surface area (Å²) in [7, 11) is 0. The standard InChI is InChI=1S/C9H10ClF/c1-6-3-4-7(2)9(11)8(6)5-10/h3-4H,5H2,1-2H3. The molecule has 0 N–H and O–H groups in total. The summed E-state index contributed by atoms with van der Waals surface area (Å²) in [5.41, 5.74) is 2.20. The molecule has 0 unspecified atom stereocenters. The van der Waals surface area contributed by atoms with Crippen molar-refractivity contribution in [2.45, 2.75) is 19.7 Å². The van der Waals surface area contributed by atoms with Crippen LogP contribution in [0.3, 0.4) is 0 Å². The minimum Gasteiger partial charge on any atom is -0.206 e. The fraction of sp³-hybridized carbons (Fsp3) is 0.333. The lowest BCUT2D eigenvalue weighted by Crippen LogP contribution is -1.93. The molecule has 60 valence electrons. The van der Waals surface area contributed by atoms with Crippen molar-refractivity contribution in [2.75, 3.05) is 0 Å². The maximum atomic E-state index is 13.2. The van der Waals surface area contributed by atoms with Gasteiger partial charge in [0.1, 0.15) is 5.82 Å². The highest BCUT2D eigenvalue weighted by Crippen LogP contribution is 2.18. The zero-order valence-corrected chi connectivity index (χ0v) is 7.37. The number of aryl methyl sites for hydroxylation is 2. The van der Waals surface area contributed by atoms with Gasteiger partial charge in [0.05, 0.1) is 5.88 Å². The lowest BCUT2D eigenvalue weighted by Gasteiger charge is -2.04. The van der Waals surface area contributed by atoms with Crippen LogP contribution >= 0.6 is 11.6 Å². The van der Waals surface area contributed by atoms with Gasteiger partial charge in [-0.3, -0.25) is 0 Å². The van der Waals surface area contributed by atoms with Crippen LogP contribution in [0.5, 0.6) is 0 Å². The van der Waals surface area contributed by atoms with Gasteiger partial charge in [0.2, 0.25) is 0 Å². The second-order valence-electron chi connectivity index (χ2n) is 2.63. The molecule has 0 bridgehead atoms. The molecule has 0 aliphatic heterocycles. The van der Waals surface area contributed by atoms with E-state index in [-0.39, 0.29) is 11.7 Å². The third kappa shape index (κ3) is 1.54. The quantitative estimate of drug-likeness (QED) is 0.571. The highest BCUT2D eigenvalue weighted by atomic mass is 35.5. The van der Waals surface area contributed by atoms with E-state index in [4.69, 9.17) is 11.6 Å². The maximum absolute atomic E-state index is 13.2. The Bertz CT molecular complexity index is 269. The zero-order valence-electron chi connectivity index (χ0n) is 6.62. The van der Waals surface area contributed by atoms with Gasteiger partial charge >= 0.3 is 0 Å². The molecule has 1 rings (SSSR count). The second kappa shape index (κ2) is 3.22. The number of alkyl halides is 1. The molecule has 0 aliphatic carbocycles. The third-order valence-electron chi connectivity index (χ3n) is 1.80. The van der Waals surface area contributed by atoms with Crippen LogP contribution in [0, 0.1) is 19.7 Å². The van der Waals surface area contributed by atoms with E-state index in [1.807, 2.05) is 13.0 Å². The molecular formula is C9H10ClF. The molecule has 0 amide bonds. The first-order valence-electron chi connectivity index (χ1n) is 3.47. The van der Waals surface area contributed by atoms with Crippen molar-refractivity contribution in [3.8, 4) is 0 Å². The molecule has 2 heteroatoms. The Morgan fingerprint density at radius 2 is 1.82 bits per heavy atom. The highest BCUT2D eigenvalue weighted by molar-refractivity contribution is 6.17. The Hall–Kier alpha value is -0.560. The van der Waals surface area contributed by atoms with Crippen LogP contribution in [-0.4, -0.2) is 0 Å². The molecule has 0 saturated heterocycles. The van der Waals surface area contributed by atoms with Crippen LogP contribution in [0.4, 0.5) is 4.39 Å². The zero-order chi connectivity index (χ0) is 8.43. The smallest absolute Gasteiger partial charge is 0.130 e. The van der Waals surface area contributed by atoms with Crippen molar-refractivity contribution in [2.24, 2.45) is 0 Å². The van der Waals surface area contributed by atoms with Crippen LogP contribution in [0.1, 0.15) is 16.7 Å². The summed E-state index contributed by atoms with van der Waals surface area (Å²) in [5.74, 6) is 0.0827. The Balaban J connectivity index is 3.29. The van der Waals surface area contributed by atoms with Crippen LogP contribution in [0.25, 0.3) is 0 Å². The Kier molecular flexibility index (Phi) is 2.50. The van der Waals surface area contributed by atoms with Gasteiger partial charge in [-0.05, 0) is 25.0 Å². The topological polar surface area (TPSA) is 0 Å². The van der Waals surface area contributed by atoms with Gasteiger partial charge in [-0.2, -0.15) is 0 Å². The van der Waals surface area contributed by atoms with Crippen molar-refractivity contribution < 1.29 is 4.39 Å². The number of rotatable bonds is 1. The molecule has 0 saturated carbocycles. The molecule has 0 heterocycles. The summed E-state index contributed by atoms with van der Waals surface area (Å²) in [6.45, 7) is 3.60. The first-order valence-corrected chi connectivity index (χ1v) is 4.01. The van der Waals surface area contributed by atoms with E-state index >= 15 is 0 Å². The minimum atomic E-state index is -0.167. The van der Waals surface area contributed by atoms with Gasteiger partial charge in [-0.1, -0.05) is 12.1 Å². The molecule has 0 aromatic heterocycles. The molecule has 0 fully saturated rings. The molecule has 0 atom stereocenters. The molecule has 0 aliphatic rings. The van der Waals surface area contributed by atoms with Gasteiger partial charge in [-0.15, -0.1) is 11.6 Å². The number of halogens is 2. The van der Waals surface area contributed by atoms with Crippen LogP contribution in [0.15, 0.2) is 12.1 Å². The predicted molar refractivity (Wildman–Crippen MR) is 45.4 cm³/mol. The van der Waals surface area contributed by atoms with Crippen LogP contribution in [0.2, 0.25) is 0 Å². The average Bonchev–Trinajstić information content (AvgIpc) is 1.99. The number of hydrogen-bond acceptors (Lipinski definition) is 0. The number of benzene rings is 1. The van der Waals surface area contributed by atoms with E-state index in [9.17, 15) is 4.39 Å². The SMILES string of the molecule is Cc1ccc(C)c(CCl)c1F. The van der Waals surface area contributed by atoms with Gasteiger partial charge in [-0.25, -0.2) is 4.39 Å². The summed E-state index contributed by atoms with van der Waals surface area (Å²) in [4.78, 5) is 0. The third-order valence-corrected chi connectivity index (χ3v) is 2.07. The average molecular weight is 173 g/mol. The van der Waals surface area contributed by atoms with Crippen LogP contribution < -0.4 is 0 Å². The van der Waals surface area contributed by atoms with E-state index in [2.05, 4.69) is 0 Å². The maximum Gasteiger partial charge on any atom is 0.130 e. The Morgan fingerprint density at radius 1 is 1.27 bits per heavy atom.